The van der Waals surface area contributed by atoms with Crippen LogP contribution in [0.1, 0.15) is 51.0 Å². The van der Waals surface area contributed by atoms with E-state index in [9.17, 15) is 13.2 Å². The summed E-state index contributed by atoms with van der Waals surface area (Å²) in [5.74, 6) is 0.839. The maximum absolute atomic E-state index is 12.5. The first kappa shape index (κ1) is 15.2. The summed E-state index contributed by atoms with van der Waals surface area (Å²) in [7, 11) is 0. The molecule has 0 aliphatic heterocycles. The number of hydrogen-bond acceptors (Lipinski definition) is 1. The lowest BCUT2D eigenvalue weighted by atomic mass is 9.83. The number of alkyl halides is 3. The molecule has 4 heteroatoms. The zero-order chi connectivity index (χ0) is 14.6. The van der Waals surface area contributed by atoms with E-state index in [1.165, 1.54) is 37.8 Å². The van der Waals surface area contributed by atoms with E-state index in [4.69, 9.17) is 0 Å². The van der Waals surface area contributed by atoms with Gasteiger partial charge in [0.1, 0.15) is 0 Å². The molecule has 0 bridgehead atoms. The highest BCUT2D eigenvalue weighted by Crippen LogP contribution is 2.32. The zero-order valence-electron chi connectivity index (χ0n) is 11.8. The molecule has 0 atom stereocenters. The van der Waals surface area contributed by atoms with Crippen LogP contribution in [-0.4, -0.2) is 6.04 Å². The van der Waals surface area contributed by atoms with Crippen molar-refractivity contribution in [1.82, 2.24) is 0 Å². The predicted molar refractivity (Wildman–Crippen MR) is 75.7 cm³/mol. The molecule has 1 N–H and O–H groups in total. The lowest BCUT2D eigenvalue weighted by Crippen LogP contribution is -2.26. The fourth-order valence-corrected chi connectivity index (χ4v) is 2.99. The van der Waals surface area contributed by atoms with Gasteiger partial charge < -0.3 is 5.32 Å². The Bertz CT molecular complexity index is 403. The Morgan fingerprint density at radius 1 is 1.05 bits per heavy atom. The SMILES string of the molecule is CCCC1CCC(Nc2ccc(C(F)(F)F)cc2)CC1. The van der Waals surface area contributed by atoms with Crippen LogP contribution in [0.15, 0.2) is 24.3 Å². The summed E-state index contributed by atoms with van der Waals surface area (Å²) in [5.41, 5.74) is 0.201. The van der Waals surface area contributed by atoms with Gasteiger partial charge in [-0.1, -0.05) is 19.8 Å². The van der Waals surface area contributed by atoms with Gasteiger partial charge in [-0.25, -0.2) is 0 Å². The van der Waals surface area contributed by atoms with Crippen LogP contribution < -0.4 is 5.32 Å². The molecule has 2 rings (SSSR count). The van der Waals surface area contributed by atoms with Gasteiger partial charge in [-0.05, 0) is 55.9 Å². The Balaban J connectivity index is 1.85. The molecule has 112 valence electrons. The molecule has 1 aliphatic rings. The quantitative estimate of drug-likeness (QED) is 0.772. The van der Waals surface area contributed by atoms with Crippen LogP contribution in [0.3, 0.4) is 0 Å². The van der Waals surface area contributed by atoms with Crippen LogP contribution in [-0.2, 0) is 6.18 Å². The first-order valence-electron chi connectivity index (χ1n) is 7.43. The highest BCUT2D eigenvalue weighted by molar-refractivity contribution is 5.46. The number of nitrogens with one attached hydrogen (secondary N) is 1. The molecule has 1 saturated carbocycles. The average molecular weight is 285 g/mol. The van der Waals surface area contributed by atoms with Crippen LogP contribution in [0.5, 0.6) is 0 Å². The van der Waals surface area contributed by atoms with E-state index in [1.54, 1.807) is 0 Å². The number of hydrogen-bond donors (Lipinski definition) is 1. The van der Waals surface area contributed by atoms with Crippen molar-refractivity contribution in [1.29, 1.82) is 0 Å². The molecule has 0 unspecified atom stereocenters. The van der Waals surface area contributed by atoms with Gasteiger partial charge in [0, 0.05) is 11.7 Å². The molecule has 0 amide bonds. The van der Waals surface area contributed by atoms with Crippen molar-refractivity contribution >= 4 is 5.69 Å². The molecule has 1 aromatic rings. The molecule has 0 heterocycles. The summed E-state index contributed by atoms with van der Waals surface area (Å²) < 4.78 is 37.4. The maximum atomic E-state index is 12.5. The lowest BCUT2D eigenvalue weighted by molar-refractivity contribution is -0.137. The highest BCUT2D eigenvalue weighted by Gasteiger charge is 2.30. The zero-order valence-corrected chi connectivity index (χ0v) is 11.8. The minimum Gasteiger partial charge on any atom is -0.382 e. The summed E-state index contributed by atoms with van der Waals surface area (Å²) in [6, 6.07) is 5.75. The van der Waals surface area contributed by atoms with E-state index >= 15 is 0 Å². The minimum absolute atomic E-state index is 0.403. The molecule has 1 fully saturated rings. The summed E-state index contributed by atoms with van der Waals surface area (Å²) in [6.45, 7) is 2.21. The summed E-state index contributed by atoms with van der Waals surface area (Å²) in [6.07, 6.45) is 2.97. The number of halogens is 3. The summed E-state index contributed by atoms with van der Waals surface area (Å²) in [5, 5.41) is 3.35. The topological polar surface area (TPSA) is 12.0 Å². The Morgan fingerprint density at radius 3 is 2.15 bits per heavy atom. The van der Waals surface area contributed by atoms with Gasteiger partial charge in [-0.2, -0.15) is 13.2 Å². The molecule has 0 saturated heterocycles. The summed E-state index contributed by atoms with van der Waals surface area (Å²) >= 11 is 0. The normalized spacial score (nSPS) is 23.6. The molecular weight excluding hydrogens is 263 g/mol. The van der Waals surface area contributed by atoms with Crippen LogP contribution >= 0.6 is 0 Å². The molecule has 0 spiro atoms. The Hall–Kier alpha value is -1.19. The monoisotopic (exact) mass is 285 g/mol. The van der Waals surface area contributed by atoms with E-state index in [1.807, 2.05) is 0 Å². The first-order valence-corrected chi connectivity index (χ1v) is 7.43. The molecule has 0 radical (unpaired) electrons. The van der Waals surface area contributed by atoms with E-state index < -0.39 is 11.7 Å². The van der Waals surface area contributed by atoms with Gasteiger partial charge >= 0.3 is 6.18 Å². The molecule has 1 nitrogen and oxygen atoms in total. The van der Waals surface area contributed by atoms with Crippen molar-refractivity contribution in [3.8, 4) is 0 Å². The second kappa shape index (κ2) is 6.51. The third-order valence-electron chi connectivity index (χ3n) is 4.13. The second-order valence-corrected chi connectivity index (χ2v) is 5.73. The number of benzene rings is 1. The van der Waals surface area contributed by atoms with Crippen LogP contribution in [0.25, 0.3) is 0 Å². The van der Waals surface area contributed by atoms with Crippen molar-refractivity contribution in [3.05, 3.63) is 29.8 Å². The number of anilines is 1. The van der Waals surface area contributed by atoms with Gasteiger partial charge in [0.2, 0.25) is 0 Å². The average Bonchev–Trinajstić information content (AvgIpc) is 2.41. The molecule has 1 aliphatic carbocycles. The van der Waals surface area contributed by atoms with Gasteiger partial charge in [0.05, 0.1) is 5.56 Å². The van der Waals surface area contributed by atoms with Crippen LogP contribution in [0, 0.1) is 5.92 Å². The minimum atomic E-state index is -4.25. The fourth-order valence-electron chi connectivity index (χ4n) is 2.99. The molecular formula is C16H22F3N. The molecule has 0 aromatic heterocycles. The van der Waals surface area contributed by atoms with E-state index in [2.05, 4.69) is 12.2 Å². The Kier molecular flexibility index (Phi) is 4.95. The summed E-state index contributed by atoms with van der Waals surface area (Å²) in [4.78, 5) is 0. The van der Waals surface area contributed by atoms with Gasteiger partial charge in [0.25, 0.3) is 0 Å². The van der Waals surface area contributed by atoms with Crippen LogP contribution in [0.2, 0.25) is 0 Å². The third kappa shape index (κ3) is 4.15. The van der Waals surface area contributed by atoms with Crippen molar-refractivity contribution in [2.45, 2.75) is 57.7 Å². The van der Waals surface area contributed by atoms with Gasteiger partial charge in [-0.15, -0.1) is 0 Å². The second-order valence-electron chi connectivity index (χ2n) is 5.73. The maximum Gasteiger partial charge on any atom is 0.416 e. The fraction of sp³-hybridized carbons (Fsp3) is 0.625. The lowest BCUT2D eigenvalue weighted by Gasteiger charge is -2.29. The molecule has 20 heavy (non-hydrogen) atoms. The Morgan fingerprint density at radius 2 is 1.65 bits per heavy atom. The van der Waals surface area contributed by atoms with Gasteiger partial charge in [0.15, 0.2) is 0 Å². The van der Waals surface area contributed by atoms with Crippen molar-refractivity contribution in [3.63, 3.8) is 0 Å². The predicted octanol–water partition coefficient (Wildman–Crippen LogP) is 5.48. The van der Waals surface area contributed by atoms with Crippen molar-refractivity contribution in [2.75, 3.05) is 5.32 Å². The van der Waals surface area contributed by atoms with E-state index in [0.29, 0.717) is 6.04 Å². The van der Waals surface area contributed by atoms with Crippen LogP contribution in [0.4, 0.5) is 18.9 Å². The smallest absolute Gasteiger partial charge is 0.382 e. The van der Waals surface area contributed by atoms with Crippen molar-refractivity contribution in [2.24, 2.45) is 5.92 Å². The van der Waals surface area contributed by atoms with E-state index in [-0.39, 0.29) is 0 Å². The Labute approximate surface area is 118 Å². The van der Waals surface area contributed by atoms with Crippen molar-refractivity contribution < 1.29 is 13.2 Å². The third-order valence-corrected chi connectivity index (χ3v) is 4.13. The molecule has 1 aromatic carbocycles. The largest absolute Gasteiger partial charge is 0.416 e. The standard InChI is InChI=1S/C16H22F3N/c1-2-3-12-4-8-14(9-5-12)20-15-10-6-13(7-11-15)16(17,18)19/h6-7,10-12,14,20H,2-5,8-9H2,1H3. The van der Waals surface area contributed by atoms with E-state index in [0.717, 1.165) is 36.6 Å². The number of rotatable bonds is 4. The highest BCUT2D eigenvalue weighted by atomic mass is 19.4. The van der Waals surface area contributed by atoms with Gasteiger partial charge in [-0.3, -0.25) is 0 Å². The first-order chi connectivity index (χ1) is 9.49.